The van der Waals surface area contributed by atoms with Crippen LogP contribution in [0.4, 0.5) is 0 Å². The van der Waals surface area contributed by atoms with E-state index < -0.39 is 0 Å². The molecule has 1 heterocycles. The van der Waals surface area contributed by atoms with Crippen molar-refractivity contribution < 1.29 is 14.6 Å². The number of guanidine groups is 1. The summed E-state index contributed by atoms with van der Waals surface area (Å²) in [5.74, 6) is 1.11. The Morgan fingerprint density at radius 3 is 2.88 bits per heavy atom. The molecular weight excluding hydrogens is 332 g/mol. The Hall–Kier alpha value is -2.28. The monoisotopic (exact) mass is 362 g/mol. The quantitative estimate of drug-likeness (QED) is 0.370. The molecule has 1 aromatic carbocycles. The van der Waals surface area contributed by atoms with Gasteiger partial charge in [0, 0.05) is 38.7 Å². The van der Waals surface area contributed by atoms with E-state index >= 15 is 0 Å². The second kappa shape index (κ2) is 10.7. The number of amides is 1. The Labute approximate surface area is 155 Å². The second-order valence-corrected chi connectivity index (χ2v) is 6.27. The van der Waals surface area contributed by atoms with Gasteiger partial charge in [-0.05, 0) is 32.4 Å². The molecule has 1 atom stereocenters. The van der Waals surface area contributed by atoms with Gasteiger partial charge in [-0.2, -0.15) is 0 Å². The minimum atomic E-state index is -0.291. The second-order valence-electron chi connectivity index (χ2n) is 6.27. The van der Waals surface area contributed by atoms with Gasteiger partial charge >= 0.3 is 0 Å². The van der Waals surface area contributed by atoms with E-state index in [2.05, 4.69) is 20.5 Å². The number of para-hydroxylation sites is 1. The summed E-state index contributed by atoms with van der Waals surface area (Å²) in [6.45, 7) is 9.21. The van der Waals surface area contributed by atoms with Gasteiger partial charge in [0.05, 0.1) is 18.7 Å². The minimum Gasteiger partial charge on any atom is -0.507 e. The van der Waals surface area contributed by atoms with Crippen LogP contribution in [-0.4, -0.2) is 67.8 Å². The van der Waals surface area contributed by atoms with Crippen molar-refractivity contribution in [3.63, 3.8) is 0 Å². The fraction of sp³-hybridized carbons (Fsp3) is 0.579. The zero-order valence-electron chi connectivity index (χ0n) is 15.7. The molecule has 0 saturated carbocycles. The van der Waals surface area contributed by atoms with Crippen molar-refractivity contribution in [2.75, 3.05) is 45.9 Å². The maximum atomic E-state index is 12.1. The van der Waals surface area contributed by atoms with E-state index in [1.54, 1.807) is 18.2 Å². The largest absolute Gasteiger partial charge is 0.507 e. The zero-order chi connectivity index (χ0) is 18.8. The van der Waals surface area contributed by atoms with E-state index in [9.17, 15) is 9.90 Å². The number of hydrogen-bond acceptors (Lipinski definition) is 4. The van der Waals surface area contributed by atoms with Crippen molar-refractivity contribution >= 4 is 11.9 Å². The van der Waals surface area contributed by atoms with Crippen molar-refractivity contribution in [2.45, 2.75) is 20.3 Å². The number of phenols is 1. The van der Waals surface area contributed by atoms with Crippen LogP contribution < -0.4 is 10.6 Å². The van der Waals surface area contributed by atoms with Gasteiger partial charge in [-0.25, -0.2) is 0 Å². The third-order valence-electron chi connectivity index (χ3n) is 4.29. The molecule has 7 nitrogen and oxygen atoms in total. The lowest BCUT2D eigenvalue weighted by atomic mass is 10.1. The Bertz CT molecular complexity index is 606. The number of rotatable bonds is 8. The first kappa shape index (κ1) is 20.0. The van der Waals surface area contributed by atoms with Crippen LogP contribution in [0.3, 0.4) is 0 Å². The standard InChI is InChI=1S/C19H30N4O3/c1-3-20-19(23-12-9-15(13-23)14-26-4-2)22-11-10-21-18(25)16-7-5-6-8-17(16)24/h5-8,15,24H,3-4,9-14H2,1-2H3,(H,20,22)(H,21,25). The molecule has 2 rings (SSSR count). The first-order chi connectivity index (χ1) is 12.7. The number of nitrogens with one attached hydrogen (secondary N) is 2. The number of aliphatic imine (C=N–C) groups is 1. The molecule has 1 fully saturated rings. The fourth-order valence-corrected chi connectivity index (χ4v) is 2.96. The number of benzene rings is 1. The average Bonchev–Trinajstić information content (AvgIpc) is 3.11. The topological polar surface area (TPSA) is 86.2 Å². The summed E-state index contributed by atoms with van der Waals surface area (Å²) < 4.78 is 5.53. The Balaban J connectivity index is 1.82. The van der Waals surface area contributed by atoms with Crippen LogP contribution in [0.15, 0.2) is 29.3 Å². The number of likely N-dealkylation sites (tertiary alicyclic amines) is 1. The highest BCUT2D eigenvalue weighted by atomic mass is 16.5. The van der Waals surface area contributed by atoms with Gasteiger partial charge in [0.25, 0.3) is 5.91 Å². The van der Waals surface area contributed by atoms with Crippen molar-refractivity contribution in [1.82, 2.24) is 15.5 Å². The molecule has 0 spiro atoms. The SMILES string of the molecule is CCNC(=NCCNC(=O)c1ccccc1O)N1CCC(COCC)C1. The van der Waals surface area contributed by atoms with E-state index in [-0.39, 0.29) is 17.2 Å². The molecule has 1 amide bonds. The highest BCUT2D eigenvalue weighted by molar-refractivity contribution is 5.96. The molecule has 1 aromatic rings. The number of hydrogen-bond donors (Lipinski definition) is 3. The minimum absolute atomic E-state index is 0.0146. The first-order valence-corrected chi connectivity index (χ1v) is 9.32. The summed E-state index contributed by atoms with van der Waals surface area (Å²) in [5.41, 5.74) is 0.279. The van der Waals surface area contributed by atoms with Crippen LogP contribution in [-0.2, 0) is 4.74 Å². The van der Waals surface area contributed by atoms with E-state index in [0.717, 1.165) is 45.2 Å². The Morgan fingerprint density at radius 1 is 1.35 bits per heavy atom. The molecule has 1 aliphatic heterocycles. The lowest BCUT2D eigenvalue weighted by molar-refractivity contribution is 0.0952. The molecule has 7 heteroatoms. The highest BCUT2D eigenvalue weighted by Gasteiger charge is 2.24. The maximum Gasteiger partial charge on any atom is 0.255 e. The number of aromatic hydroxyl groups is 1. The molecule has 1 unspecified atom stereocenters. The van der Waals surface area contributed by atoms with Crippen LogP contribution >= 0.6 is 0 Å². The predicted molar refractivity (Wildman–Crippen MR) is 103 cm³/mol. The maximum absolute atomic E-state index is 12.1. The number of carbonyl (C=O) groups is 1. The van der Waals surface area contributed by atoms with Crippen molar-refractivity contribution in [1.29, 1.82) is 0 Å². The van der Waals surface area contributed by atoms with Crippen molar-refractivity contribution in [2.24, 2.45) is 10.9 Å². The summed E-state index contributed by atoms with van der Waals surface area (Å²) in [4.78, 5) is 18.9. The molecule has 3 N–H and O–H groups in total. The number of carbonyl (C=O) groups excluding carboxylic acids is 1. The highest BCUT2D eigenvalue weighted by Crippen LogP contribution is 2.17. The predicted octanol–water partition coefficient (Wildman–Crippen LogP) is 1.45. The molecule has 0 bridgehead atoms. The van der Waals surface area contributed by atoms with Gasteiger partial charge in [-0.3, -0.25) is 9.79 Å². The van der Waals surface area contributed by atoms with E-state index in [1.165, 1.54) is 6.07 Å². The summed E-state index contributed by atoms with van der Waals surface area (Å²) >= 11 is 0. The molecule has 1 saturated heterocycles. The summed E-state index contributed by atoms with van der Waals surface area (Å²) in [6, 6.07) is 6.51. The van der Waals surface area contributed by atoms with Crippen LogP contribution in [0.1, 0.15) is 30.6 Å². The third-order valence-corrected chi connectivity index (χ3v) is 4.29. The molecule has 0 radical (unpaired) electrons. The summed E-state index contributed by atoms with van der Waals surface area (Å²) in [5, 5.41) is 15.8. The van der Waals surface area contributed by atoms with Crippen LogP contribution in [0.2, 0.25) is 0 Å². The van der Waals surface area contributed by atoms with Gasteiger partial charge < -0.3 is 25.4 Å². The normalized spacial score (nSPS) is 17.4. The Kier molecular flexibility index (Phi) is 8.21. The van der Waals surface area contributed by atoms with E-state index in [0.29, 0.717) is 19.0 Å². The smallest absolute Gasteiger partial charge is 0.255 e. The molecule has 0 aromatic heterocycles. The molecule has 1 aliphatic rings. The number of phenolic OH excluding ortho intramolecular Hbond substituents is 1. The number of nitrogens with zero attached hydrogens (tertiary/aromatic N) is 2. The molecule has 144 valence electrons. The Morgan fingerprint density at radius 2 is 2.15 bits per heavy atom. The molecular formula is C19H30N4O3. The lowest BCUT2D eigenvalue weighted by Gasteiger charge is -2.21. The van der Waals surface area contributed by atoms with Gasteiger partial charge in [-0.15, -0.1) is 0 Å². The zero-order valence-corrected chi connectivity index (χ0v) is 15.7. The molecule has 0 aliphatic carbocycles. The summed E-state index contributed by atoms with van der Waals surface area (Å²) in [7, 11) is 0. The van der Waals surface area contributed by atoms with E-state index in [1.807, 2.05) is 13.8 Å². The van der Waals surface area contributed by atoms with Gasteiger partial charge in [-0.1, -0.05) is 12.1 Å². The van der Waals surface area contributed by atoms with Crippen molar-refractivity contribution in [3.05, 3.63) is 29.8 Å². The van der Waals surface area contributed by atoms with Gasteiger partial charge in [0.1, 0.15) is 5.75 Å². The van der Waals surface area contributed by atoms with Crippen LogP contribution in [0, 0.1) is 5.92 Å². The van der Waals surface area contributed by atoms with Crippen LogP contribution in [0.25, 0.3) is 0 Å². The molecule has 26 heavy (non-hydrogen) atoms. The summed E-state index contributed by atoms with van der Waals surface area (Å²) in [6.07, 6.45) is 1.11. The van der Waals surface area contributed by atoms with Crippen molar-refractivity contribution in [3.8, 4) is 5.75 Å². The third kappa shape index (κ3) is 5.91. The fourth-order valence-electron chi connectivity index (χ4n) is 2.96. The van der Waals surface area contributed by atoms with Crippen LogP contribution in [0.5, 0.6) is 5.75 Å². The van der Waals surface area contributed by atoms with E-state index in [4.69, 9.17) is 4.74 Å². The average molecular weight is 362 g/mol. The first-order valence-electron chi connectivity index (χ1n) is 9.32. The van der Waals surface area contributed by atoms with Gasteiger partial charge in [0.15, 0.2) is 5.96 Å². The van der Waals surface area contributed by atoms with Gasteiger partial charge in [0.2, 0.25) is 0 Å². The lowest BCUT2D eigenvalue weighted by Crippen LogP contribution is -2.40. The number of ether oxygens (including phenoxy) is 1.